The number of rotatable bonds is 6. The first-order valence-corrected chi connectivity index (χ1v) is 9.00. The first-order valence-electron chi connectivity index (χ1n) is 7.35. The van der Waals surface area contributed by atoms with Gasteiger partial charge in [0.15, 0.2) is 0 Å². The van der Waals surface area contributed by atoms with Gasteiger partial charge in [-0.2, -0.15) is 0 Å². The molecule has 0 spiro atoms. The van der Waals surface area contributed by atoms with Gasteiger partial charge in [-0.1, -0.05) is 20.3 Å². The first-order chi connectivity index (χ1) is 9.30. The molecular formula is C13H27N3O3S. The SMILES string of the molecule is CCC(C)C(N)C(=O)N1CCC(NS(=O)(=O)CC)CC1. The van der Waals surface area contributed by atoms with Gasteiger partial charge in [0, 0.05) is 19.1 Å². The van der Waals surface area contributed by atoms with Crippen molar-refractivity contribution >= 4 is 15.9 Å². The van der Waals surface area contributed by atoms with Gasteiger partial charge in [-0.05, 0) is 25.7 Å². The highest BCUT2D eigenvalue weighted by atomic mass is 32.2. The van der Waals surface area contributed by atoms with E-state index < -0.39 is 16.1 Å². The molecule has 3 N–H and O–H groups in total. The lowest BCUT2D eigenvalue weighted by Gasteiger charge is -2.34. The van der Waals surface area contributed by atoms with Crippen LogP contribution < -0.4 is 10.5 Å². The fraction of sp³-hybridized carbons (Fsp3) is 0.923. The number of nitrogens with one attached hydrogen (secondary N) is 1. The number of carbonyl (C=O) groups excluding carboxylic acids is 1. The van der Waals surface area contributed by atoms with Crippen molar-refractivity contribution in [3.63, 3.8) is 0 Å². The summed E-state index contributed by atoms with van der Waals surface area (Å²) in [7, 11) is -3.17. The number of likely N-dealkylation sites (tertiary alicyclic amines) is 1. The second kappa shape index (κ2) is 7.38. The van der Waals surface area contributed by atoms with E-state index in [9.17, 15) is 13.2 Å². The Bertz CT molecular complexity index is 417. The molecule has 0 aliphatic carbocycles. The minimum absolute atomic E-state index is 0.0175. The summed E-state index contributed by atoms with van der Waals surface area (Å²) in [5.41, 5.74) is 5.96. The lowest BCUT2D eigenvalue weighted by atomic mass is 9.97. The van der Waals surface area contributed by atoms with Crippen molar-refractivity contribution in [1.29, 1.82) is 0 Å². The number of sulfonamides is 1. The Labute approximate surface area is 122 Å². The molecule has 118 valence electrons. The van der Waals surface area contributed by atoms with Gasteiger partial charge in [0.05, 0.1) is 11.8 Å². The normalized spacial score (nSPS) is 20.7. The highest BCUT2D eigenvalue weighted by molar-refractivity contribution is 7.89. The van der Waals surface area contributed by atoms with E-state index in [1.807, 2.05) is 13.8 Å². The zero-order chi connectivity index (χ0) is 15.3. The van der Waals surface area contributed by atoms with Crippen LogP contribution in [0.15, 0.2) is 0 Å². The summed E-state index contributed by atoms with van der Waals surface area (Å²) in [5.74, 6) is 0.236. The molecule has 6 nitrogen and oxygen atoms in total. The van der Waals surface area contributed by atoms with Crippen LogP contribution in [0.4, 0.5) is 0 Å². The van der Waals surface area contributed by atoms with Crippen LogP contribution in [0, 0.1) is 5.92 Å². The van der Waals surface area contributed by atoms with Gasteiger partial charge in [-0.15, -0.1) is 0 Å². The minimum atomic E-state index is -3.17. The van der Waals surface area contributed by atoms with Gasteiger partial charge in [-0.3, -0.25) is 4.79 Å². The third-order valence-electron chi connectivity index (χ3n) is 4.08. The smallest absolute Gasteiger partial charge is 0.239 e. The summed E-state index contributed by atoms with van der Waals surface area (Å²) in [6.07, 6.45) is 2.18. The Kier molecular flexibility index (Phi) is 6.42. The van der Waals surface area contributed by atoms with E-state index in [-0.39, 0.29) is 23.6 Å². The molecule has 2 atom stereocenters. The summed E-state index contributed by atoms with van der Waals surface area (Å²) < 4.78 is 25.7. The average Bonchev–Trinajstić information content (AvgIpc) is 2.45. The maximum atomic E-state index is 12.2. The highest BCUT2D eigenvalue weighted by Gasteiger charge is 2.29. The largest absolute Gasteiger partial charge is 0.341 e. The standard InChI is InChI=1S/C13H27N3O3S/c1-4-10(3)12(14)13(17)16-8-6-11(7-9-16)15-20(18,19)5-2/h10-12,15H,4-9,14H2,1-3H3. The number of hydrogen-bond donors (Lipinski definition) is 2. The molecule has 0 bridgehead atoms. The summed E-state index contributed by atoms with van der Waals surface area (Å²) in [6, 6.07) is -0.521. The molecule has 2 unspecified atom stereocenters. The second-order valence-electron chi connectivity index (χ2n) is 5.53. The van der Waals surface area contributed by atoms with Crippen molar-refractivity contribution in [2.24, 2.45) is 11.7 Å². The van der Waals surface area contributed by atoms with Crippen LogP contribution in [-0.4, -0.2) is 50.2 Å². The second-order valence-corrected chi connectivity index (χ2v) is 7.57. The minimum Gasteiger partial charge on any atom is -0.341 e. The van der Waals surface area contributed by atoms with E-state index in [1.54, 1.807) is 11.8 Å². The molecule has 1 saturated heterocycles. The highest BCUT2D eigenvalue weighted by Crippen LogP contribution is 2.15. The van der Waals surface area contributed by atoms with Crippen molar-refractivity contribution in [2.45, 2.75) is 52.1 Å². The number of piperidine rings is 1. The van der Waals surface area contributed by atoms with Crippen molar-refractivity contribution in [1.82, 2.24) is 9.62 Å². The Hall–Kier alpha value is -0.660. The average molecular weight is 305 g/mol. The van der Waals surface area contributed by atoms with Gasteiger partial charge >= 0.3 is 0 Å². The molecule has 0 radical (unpaired) electrons. The van der Waals surface area contributed by atoms with Crippen molar-refractivity contribution in [3.8, 4) is 0 Å². The molecule has 0 aromatic heterocycles. The Morgan fingerprint density at radius 2 is 1.90 bits per heavy atom. The zero-order valence-electron chi connectivity index (χ0n) is 12.6. The van der Waals surface area contributed by atoms with E-state index >= 15 is 0 Å². The molecular weight excluding hydrogens is 278 g/mol. The summed E-state index contributed by atoms with van der Waals surface area (Å²) in [6.45, 7) is 6.75. The van der Waals surface area contributed by atoms with Gasteiger partial charge in [0.25, 0.3) is 0 Å². The van der Waals surface area contributed by atoms with Gasteiger partial charge < -0.3 is 10.6 Å². The molecule has 1 fully saturated rings. The van der Waals surface area contributed by atoms with Crippen LogP contribution in [0.25, 0.3) is 0 Å². The fourth-order valence-corrected chi connectivity index (χ4v) is 3.17. The van der Waals surface area contributed by atoms with Crippen LogP contribution in [-0.2, 0) is 14.8 Å². The molecule has 1 aliphatic heterocycles. The number of nitrogens with two attached hydrogens (primary N) is 1. The summed E-state index contributed by atoms with van der Waals surface area (Å²) in [5, 5.41) is 0. The molecule has 7 heteroatoms. The lowest BCUT2D eigenvalue weighted by molar-refractivity contribution is -0.134. The van der Waals surface area contributed by atoms with Crippen LogP contribution in [0.5, 0.6) is 0 Å². The summed E-state index contributed by atoms with van der Waals surface area (Å²) in [4.78, 5) is 14.0. The quantitative estimate of drug-likeness (QED) is 0.737. The number of nitrogens with zero attached hydrogens (tertiary/aromatic N) is 1. The number of carbonyl (C=O) groups is 1. The zero-order valence-corrected chi connectivity index (χ0v) is 13.4. The van der Waals surface area contributed by atoms with Crippen molar-refractivity contribution in [2.75, 3.05) is 18.8 Å². The Morgan fingerprint density at radius 1 is 1.35 bits per heavy atom. The molecule has 0 saturated carbocycles. The predicted octanol–water partition coefficient (Wildman–Crippen LogP) is 0.290. The van der Waals surface area contributed by atoms with E-state index in [0.29, 0.717) is 25.9 Å². The van der Waals surface area contributed by atoms with Gasteiger partial charge in [0.1, 0.15) is 0 Å². The number of amides is 1. The maximum Gasteiger partial charge on any atom is 0.239 e. The van der Waals surface area contributed by atoms with E-state index in [2.05, 4.69) is 4.72 Å². The third kappa shape index (κ3) is 4.71. The van der Waals surface area contributed by atoms with E-state index in [0.717, 1.165) is 6.42 Å². The molecule has 20 heavy (non-hydrogen) atoms. The molecule has 0 aromatic rings. The molecule has 1 amide bonds. The van der Waals surface area contributed by atoms with Gasteiger partial charge in [0.2, 0.25) is 15.9 Å². The Morgan fingerprint density at radius 3 is 2.35 bits per heavy atom. The monoisotopic (exact) mass is 305 g/mol. The molecule has 1 rings (SSSR count). The van der Waals surface area contributed by atoms with Crippen molar-refractivity contribution < 1.29 is 13.2 Å². The van der Waals surface area contributed by atoms with E-state index in [1.165, 1.54) is 0 Å². The molecule has 0 aromatic carbocycles. The van der Waals surface area contributed by atoms with Crippen LogP contribution in [0.3, 0.4) is 0 Å². The van der Waals surface area contributed by atoms with Crippen LogP contribution in [0.1, 0.15) is 40.0 Å². The van der Waals surface area contributed by atoms with Crippen LogP contribution >= 0.6 is 0 Å². The first kappa shape index (κ1) is 17.4. The van der Waals surface area contributed by atoms with E-state index in [4.69, 9.17) is 5.73 Å². The van der Waals surface area contributed by atoms with Crippen LogP contribution in [0.2, 0.25) is 0 Å². The van der Waals surface area contributed by atoms with Crippen molar-refractivity contribution in [3.05, 3.63) is 0 Å². The lowest BCUT2D eigenvalue weighted by Crippen LogP contribution is -2.52. The maximum absolute atomic E-state index is 12.2. The van der Waals surface area contributed by atoms with Gasteiger partial charge in [-0.25, -0.2) is 13.1 Å². The third-order valence-corrected chi connectivity index (χ3v) is 5.53. The Balaban J connectivity index is 2.48. The topological polar surface area (TPSA) is 92.5 Å². The fourth-order valence-electron chi connectivity index (χ4n) is 2.26. The predicted molar refractivity (Wildman–Crippen MR) is 79.6 cm³/mol. The molecule has 1 heterocycles. The summed E-state index contributed by atoms with van der Waals surface area (Å²) >= 11 is 0. The molecule has 1 aliphatic rings. The number of hydrogen-bond acceptors (Lipinski definition) is 4.